The van der Waals surface area contributed by atoms with Gasteiger partial charge in [-0.3, -0.25) is 4.79 Å². The Bertz CT molecular complexity index is 616. The summed E-state index contributed by atoms with van der Waals surface area (Å²) < 4.78 is 41.7. The molecule has 0 aliphatic carbocycles. The summed E-state index contributed by atoms with van der Waals surface area (Å²) in [6.07, 6.45) is -3.74. The predicted octanol–water partition coefficient (Wildman–Crippen LogP) is 2.91. The number of ketones is 1. The standard InChI is InChI=1S/C11H6ClF3N2O2/c12-6-3-5(1-2-7(6)13)11-16-9(19-17-11)4-8(18)10(14)15/h1-3,10H,4H2. The van der Waals surface area contributed by atoms with Crippen molar-refractivity contribution >= 4 is 17.4 Å². The predicted molar refractivity (Wildman–Crippen MR) is 59.4 cm³/mol. The number of alkyl halides is 2. The van der Waals surface area contributed by atoms with Gasteiger partial charge in [-0.15, -0.1) is 0 Å². The molecule has 0 bridgehead atoms. The first-order valence-electron chi connectivity index (χ1n) is 5.06. The minimum atomic E-state index is -3.09. The number of Topliss-reactive ketones (excluding diaryl/α,β-unsaturated/α-hetero) is 1. The summed E-state index contributed by atoms with van der Waals surface area (Å²) in [7, 11) is 0. The highest BCUT2D eigenvalue weighted by Crippen LogP contribution is 2.22. The van der Waals surface area contributed by atoms with Gasteiger partial charge < -0.3 is 4.52 Å². The molecule has 1 heterocycles. The molecule has 0 spiro atoms. The maximum absolute atomic E-state index is 13.0. The van der Waals surface area contributed by atoms with Gasteiger partial charge in [0.05, 0.1) is 11.4 Å². The van der Waals surface area contributed by atoms with Crippen molar-refractivity contribution in [1.29, 1.82) is 0 Å². The molecule has 4 nitrogen and oxygen atoms in total. The quantitative estimate of drug-likeness (QED) is 0.869. The van der Waals surface area contributed by atoms with E-state index in [4.69, 9.17) is 11.6 Å². The van der Waals surface area contributed by atoms with Crippen LogP contribution < -0.4 is 0 Å². The Morgan fingerprint density at radius 3 is 2.79 bits per heavy atom. The summed E-state index contributed by atoms with van der Waals surface area (Å²) in [5, 5.41) is 3.37. The molecule has 0 N–H and O–H groups in total. The number of hydrogen-bond acceptors (Lipinski definition) is 4. The van der Waals surface area contributed by atoms with E-state index in [1.165, 1.54) is 12.1 Å². The molecule has 0 saturated carbocycles. The third-order valence-electron chi connectivity index (χ3n) is 2.21. The molecular weight excluding hydrogens is 285 g/mol. The van der Waals surface area contributed by atoms with Crippen molar-refractivity contribution in [3.05, 3.63) is 34.9 Å². The van der Waals surface area contributed by atoms with Crippen LogP contribution in [0.15, 0.2) is 22.7 Å². The second kappa shape index (κ2) is 5.40. The van der Waals surface area contributed by atoms with E-state index in [0.29, 0.717) is 5.56 Å². The maximum atomic E-state index is 13.0. The van der Waals surface area contributed by atoms with Gasteiger partial charge in [-0.2, -0.15) is 4.98 Å². The number of nitrogens with zero attached hydrogens (tertiary/aromatic N) is 2. The molecule has 19 heavy (non-hydrogen) atoms. The fourth-order valence-corrected chi connectivity index (χ4v) is 1.49. The van der Waals surface area contributed by atoms with Crippen LogP contribution >= 0.6 is 11.6 Å². The zero-order chi connectivity index (χ0) is 14.0. The Morgan fingerprint density at radius 1 is 1.42 bits per heavy atom. The second-order valence-corrected chi connectivity index (χ2v) is 3.99. The number of carbonyl (C=O) groups excluding carboxylic acids is 1. The molecule has 2 aromatic rings. The number of hydrogen-bond donors (Lipinski definition) is 0. The van der Waals surface area contributed by atoms with Gasteiger partial charge in [0.15, 0.2) is 0 Å². The zero-order valence-electron chi connectivity index (χ0n) is 9.24. The lowest BCUT2D eigenvalue weighted by Gasteiger charge is -1.96. The van der Waals surface area contributed by atoms with E-state index >= 15 is 0 Å². The second-order valence-electron chi connectivity index (χ2n) is 3.58. The molecular formula is C11H6ClF3N2O2. The molecule has 1 aromatic heterocycles. The topological polar surface area (TPSA) is 56.0 Å². The Kier molecular flexibility index (Phi) is 3.84. The van der Waals surface area contributed by atoms with Gasteiger partial charge in [0.2, 0.25) is 17.5 Å². The van der Waals surface area contributed by atoms with Crippen LogP contribution in [0.4, 0.5) is 13.2 Å². The maximum Gasteiger partial charge on any atom is 0.296 e. The number of benzene rings is 1. The molecule has 0 amide bonds. The summed E-state index contributed by atoms with van der Waals surface area (Å²) in [6.45, 7) is 0. The number of aromatic nitrogens is 2. The first-order valence-corrected chi connectivity index (χ1v) is 5.44. The van der Waals surface area contributed by atoms with Crippen LogP contribution in [0.3, 0.4) is 0 Å². The van der Waals surface area contributed by atoms with Gasteiger partial charge >= 0.3 is 0 Å². The van der Waals surface area contributed by atoms with Crippen LogP contribution in [0.5, 0.6) is 0 Å². The first-order chi connectivity index (χ1) is 8.97. The van der Waals surface area contributed by atoms with Gasteiger partial charge in [0.25, 0.3) is 6.43 Å². The summed E-state index contributed by atoms with van der Waals surface area (Å²) in [5.74, 6) is -2.12. The van der Waals surface area contributed by atoms with Crippen molar-refractivity contribution in [1.82, 2.24) is 10.1 Å². The fourth-order valence-electron chi connectivity index (χ4n) is 1.31. The van der Waals surface area contributed by atoms with Crippen molar-refractivity contribution in [3.8, 4) is 11.4 Å². The van der Waals surface area contributed by atoms with Gasteiger partial charge in [-0.1, -0.05) is 16.8 Å². The van der Waals surface area contributed by atoms with E-state index in [-0.39, 0.29) is 16.7 Å². The smallest absolute Gasteiger partial charge is 0.296 e. The van der Waals surface area contributed by atoms with Crippen LogP contribution in [0.25, 0.3) is 11.4 Å². The van der Waals surface area contributed by atoms with E-state index in [1.807, 2.05) is 0 Å². The van der Waals surface area contributed by atoms with Crippen molar-refractivity contribution < 1.29 is 22.5 Å². The Balaban J connectivity index is 2.21. The Morgan fingerprint density at radius 2 is 2.16 bits per heavy atom. The molecule has 1 aromatic carbocycles. The third kappa shape index (κ3) is 3.11. The summed E-state index contributed by atoms with van der Waals surface area (Å²) >= 11 is 5.58. The molecule has 100 valence electrons. The molecule has 0 saturated heterocycles. The SMILES string of the molecule is O=C(Cc1nc(-c2ccc(F)c(Cl)c2)no1)C(F)F. The average molecular weight is 291 g/mol. The van der Waals surface area contributed by atoms with Crippen LogP contribution in [0.2, 0.25) is 5.02 Å². The van der Waals surface area contributed by atoms with Crippen molar-refractivity contribution in [2.24, 2.45) is 0 Å². The van der Waals surface area contributed by atoms with Crippen molar-refractivity contribution in [2.45, 2.75) is 12.8 Å². The molecule has 0 aliphatic rings. The zero-order valence-corrected chi connectivity index (χ0v) is 10.00. The van der Waals surface area contributed by atoms with Crippen LogP contribution in [0.1, 0.15) is 5.89 Å². The third-order valence-corrected chi connectivity index (χ3v) is 2.50. The normalized spacial score (nSPS) is 11.0. The number of rotatable bonds is 4. The number of halogens is 4. The monoisotopic (exact) mass is 290 g/mol. The van der Waals surface area contributed by atoms with Gasteiger partial charge in [0.1, 0.15) is 5.82 Å². The Hall–Kier alpha value is -1.89. The molecule has 0 fully saturated rings. The lowest BCUT2D eigenvalue weighted by atomic mass is 10.2. The van der Waals surface area contributed by atoms with Crippen molar-refractivity contribution in [3.63, 3.8) is 0 Å². The summed E-state index contributed by atoms with van der Waals surface area (Å²) in [5.41, 5.74) is 0.353. The summed E-state index contributed by atoms with van der Waals surface area (Å²) in [4.78, 5) is 14.6. The van der Waals surface area contributed by atoms with E-state index in [1.54, 1.807) is 0 Å². The van der Waals surface area contributed by atoms with Gasteiger partial charge in [-0.25, -0.2) is 13.2 Å². The van der Waals surface area contributed by atoms with E-state index in [9.17, 15) is 18.0 Å². The van der Waals surface area contributed by atoms with Crippen LogP contribution in [-0.4, -0.2) is 22.3 Å². The molecule has 8 heteroatoms. The number of carbonyl (C=O) groups is 1. The van der Waals surface area contributed by atoms with E-state index in [2.05, 4.69) is 14.7 Å². The van der Waals surface area contributed by atoms with Crippen molar-refractivity contribution in [2.75, 3.05) is 0 Å². The van der Waals surface area contributed by atoms with Crippen LogP contribution in [-0.2, 0) is 11.2 Å². The molecule has 0 unspecified atom stereocenters. The minimum Gasteiger partial charge on any atom is -0.338 e. The van der Waals surface area contributed by atoms with Gasteiger partial charge in [-0.05, 0) is 18.2 Å². The highest BCUT2D eigenvalue weighted by molar-refractivity contribution is 6.31. The minimum absolute atomic E-state index is 0.0407. The average Bonchev–Trinajstić information content (AvgIpc) is 2.81. The lowest BCUT2D eigenvalue weighted by Crippen LogP contribution is -2.12. The van der Waals surface area contributed by atoms with E-state index < -0.39 is 24.4 Å². The fraction of sp³-hybridized carbons (Fsp3) is 0.182. The van der Waals surface area contributed by atoms with Crippen LogP contribution in [0, 0.1) is 5.82 Å². The van der Waals surface area contributed by atoms with E-state index in [0.717, 1.165) is 6.07 Å². The Labute approximate surface area is 110 Å². The van der Waals surface area contributed by atoms with Gasteiger partial charge in [0, 0.05) is 5.56 Å². The molecule has 0 atom stereocenters. The highest BCUT2D eigenvalue weighted by Gasteiger charge is 2.20. The molecule has 0 aliphatic heterocycles. The first kappa shape index (κ1) is 13.5. The molecule has 0 radical (unpaired) electrons. The summed E-state index contributed by atoms with van der Waals surface area (Å²) in [6, 6.07) is 3.73. The lowest BCUT2D eigenvalue weighted by molar-refractivity contribution is -0.129. The highest BCUT2D eigenvalue weighted by atomic mass is 35.5. The largest absolute Gasteiger partial charge is 0.338 e. The molecule has 2 rings (SSSR count).